The third-order valence-electron chi connectivity index (χ3n) is 3.24. The van der Waals surface area contributed by atoms with E-state index in [4.69, 9.17) is 5.73 Å². The minimum atomic E-state index is -0.314. The number of benzene rings is 1. The van der Waals surface area contributed by atoms with Gasteiger partial charge in [-0.05, 0) is 31.0 Å². The lowest BCUT2D eigenvalue weighted by atomic mass is 10.0. The van der Waals surface area contributed by atoms with Gasteiger partial charge in [0.25, 0.3) is 0 Å². The van der Waals surface area contributed by atoms with Gasteiger partial charge >= 0.3 is 0 Å². The number of rotatable bonds is 6. The second-order valence-corrected chi connectivity index (χ2v) is 4.97. The molecule has 118 valence electrons. The van der Waals surface area contributed by atoms with E-state index in [-0.39, 0.29) is 42.7 Å². The van der Waals surface area contributed by atoms with Crippen LogP contribution in [0.5, 0.6) is 0 Å². The number of hydrogen-bond acceptors (Lipinski definition) is 3. The Bertz CT molecular complexity index is 478. The first-order valence-electron chi connectivity index (χ1n) is 6.86. The molecule has 0 aliphatic carbocycles. The summed E-state index contributed by atoms with van der Waals surface area (Å²) in [4.78, 5) is 23.4. The fourth-order valence-electron chi connectivity index (χ4n) is 1.64. The molecule has 21 heavy (non-hydrogen) atoms. The monoisotopic (exact) mass is 313 g/mol. The number of nitrogens with one attached hydrogen (secondary N) is 2. The van der Waals surface area contributed by atoms with Crippen LogP contribution in [0.2, 0.25) is 0 Å². The average molecular weight is 314 g/mol. The Balaban J connectivity index is 0.00000400. The largest absolute Gasteiger partial charge is 0.347 e. The molecule has 0 aromatic heterocycles. The Labute approximate surface area is 132 Å². The zero-order chi connectivity index (χ0) is 15.1. The van der Waals surface area contributed by atoms with E-state index in [2.05, 4.69) is 17.6 Å². The molecule has 6 heteroatoms. The minimum absolute atomic E-state index is 0. The molecule has 0 aliphatic rings. The molecule has 2 amide bonds. The number of halogens is 1. The van der Waals surface area contributed by atoms with Crippen LogP contribution in [0.3, 0.4) is 0 Å². The van der Waals surface area contributed by atoms with E-state index in [0.29, 0.717) is 0 Å². The standard InChI is InChI=1S/C15H23N3O2.ClH/c1-4-12-6-5-7-13(8-12)18-14(19)9-17-15(20)10(2)11(3)16;/h5-8,10-11H,4,9,16H2,1-3H3,(H,17,20)(H,18,19);1H. The van der Waals surface area contributed by atoms with Crippen LogP contribution < -0.4 is 16.4 Å². The number of amides is 2. The van der Waals surface area contributed by atoms with Gasteiger partial charge in [-0.1, -0.05) is 26.0 Å². The van der Waals surface area contributed by atoms with Gasteiger partial charge in [0.2, 0.25) is 11.8 Å². The molecule has 0 saturated carbocycles. The molecule has 0 aliphatic heterocycles. The number of carbonyl (C=O) groups excluding carboxylic acids is 2. The van der Waals surface area contributed by atoms with E-state index in [9.17, 15) is 9.59 Å². The van der Waals surface area contributed by atoms with Gasteiger partial charge < -0.3 is 16.4 Å². The first-order chi connectivity index (χ1) is 9.43. The third kappa shape index (κ3) is 6.60. The van der Waals surface area contributed by atoms with Crippen LogP contribution >= 0.6 is 12.4 Å². The quantitative estimate of drug-likeness (QED) is 0.747. The predicted molar refractivity (Wildman–Crippen MR) is 87.5 cm³/mol. The molecule has 0 bridgehead atoms. The highest BCUT2D eigenvalue weighted by atomic mass is 35.5. The normalized spacial score (nSPS) is 12.8. The molecule has 5 nitrogen and oxygen atoms in total. The lowest BCUT2D eigenvalue weighted by Crippen LogP contribution is -2.41. The highest BCUT2D eigenvalue weighted by Gasteiger charge is 2.17. The molecule has 0 radical (unpaired) electrons. The molecule has 0 heterocycles. The van der Waals surface area contributed by atoms with E-state index < -0.39 is 0 Å². The maximum Gasteiger partial charge on any atom is 0.243 e. The summed E-state index contributed by atoms with van der Waals surface area (Å²) < 4.78 is 0. The molecule has 1 rings (SSSR count). The first kappa shape index (κ1) is 19.4. The van der Waals surface area contributed by atoms with Gasteiger partial charge in [-0.15, -0.1) is 12.4 Å². The fourth-order valence-corrected chi connectivity index (χ4v) is 1.64. The topological polar surface area (TPSA) is 84.2 Å². The van der Waals surface area contributed by atoms with Gasteiger partial charge in [-0.3, -0.25) is 9.59 Å². The van der Waals surface area contributed by atoms with Gasteiger partial charge in [0, 0.05) is 17.6 Å². The van der Waals surface area contributed by atoms with Crippen molar-refractivity contribution in [3.63, 3.8) is 0 Å². The lowest BCUT2D eigenvalue weighted by molar-refractivity contribution is -0.127. The number of nitrogens with two attached hydrogens (primary N) is 1. The Morgan fingerprint density at radius 3 is 2.52 bits per heavy atom. The fraction of sp³-hybridized carbons (Fsp3) is 0.467. The summed E-state index contributed by atoms with van der Waals surface area (Å²) in [5.74, 6) is -0.771. The lowest BCUT2D eigenvalue weighted by Gasteiger charge is -2.15. The molecule has 0 saturated heterocycles. The van der Waals surface area contributed by atoms with Crippen molar-refractivity contribution >= 4 is 29.9 Å². The van der Waals surface area contributed by atoms with Crippen molar-refractivity contribution < 1.29 is 9.59 Å². The van der Waals surface area contributed by atoms with Crippen LogP contribution in [0.25, 0.3) is 0 Å². The van der Waals surface area contributed by atoms with Crippen LogP contribution in [0.15, 0.2) is 24.3 Å². The van der Waals surface area contributed by atoms with E-state index in [1.165, 1.54) is 0 Å². The smallest absolute Gasteiger partial charge is 0.243 e. The zero-order valence-electron chi connectivity index (χ0n) is 12.7. The van der Waals surface area contributed by atoms with Crippen LogP contribution in [0, 0.1) is 5.92 Å². The van der Waals surface area contributed by atoms with E-state index in [0.717, 1.165) is 17.7 Å². The average Bonchev–Trinajstić information content (AvgIpc) is 2.43. The van der Waals surface area contributed by atoms with E-state index in [1.54, 1.807) is 13.8 Å². The Morgan fingerprint density at radius 1 is 1.29 bits per heavy atom. The van der Waals surface area contributed by atoms with Crippen molar-refractivity contribution in [2.45, 2.75) is 33.2 Å². The van der Waals surface area contributed by atoms with Gasteiger partial charge in [0.15, 0.2) is 0 Å². The van der Waals surface area contributed by atoms with Crippen molar-refractivity contribution in [3.05, 3.63) is 29.8 Å². The van der Waals surface area contributed by atoms with Gasteiger partial charge in [-0.25, -0.2) is 0 Å². The first-order valence-corrected chi connectivity index (χ1v) is 6.86. The molecule has 0 spiro atoms. The molecular weight excluding hydrogens is 290 g/mol. The third-order valence-corrected chi connectivity index (χ3v) is 3.24. The SMILES string of the molecule is CCc1cccc(NC(=O)CNC(=O)C(C)C(C)N)c1.Cl. The van der Waals surface area contributed by atoms with E-state index in [1.807, 2.05) is 24.3 Å². The maximum atomic E-state index is 11.8. The second-order valence-electron chi connectivity index (χ2n) is 4.97. The number of carbonyl (C=O) groups is 2. The summed E-state index contributed by atoms with van der Waals surface area (Å²) >= 11 is 0. The summed E-state index contributed by atoms with van der Waals surface area (Å²) in [6, 6.07) is 7.40. The van der Waals surface area contributed by atoms with Gasteiger partial charge in [0.05, 0.1) is 6.54 Å². The highest BCUT2D eigenvalue weighted by molar-refractivity contribution is 5.94. The minimum Gasteiger partial charge on any atom is -0.347 e. The van der Waals surface area contributed by atoms with Crippen molar-refractivity contribution in [2.75, 3.05) is 11.9 Å². The van der Waals surface area contributed by atoms with Crippen LogP contribution in [-0.4, -0.2) is 24.4 Å². The number of hydrogen-bond donors (Lipinski definition) is 3. The van der Waals surface area contributed by atoms with Crippen molar-refractivity contribution in [2.24, 2.45) is 11.7 Å². The summed E-state index contributed by atoms with van der Waals surface area (Å²) in [5, 5.41) is 5.34. The van der Waals surface area contributed by atoms with Crippen molar-refractivity contribution in [3.8, 4) is 0 Å². The zero-order valence-corrected chi connectivity index (χ0v) is 13.5. The highest BCUT2D eigenvalue weighted by Crippen LogP contribution is 2.10. The summed E-state index contributed by atoms with van der Waals surface area (Å²) in [6.07, 6.45) is 0.909. The Morgan fingerprint density at radius 2 is 1.95 bits per heavy atom. The summed E-state index contributed by atoms with van der Waals surface area (Å²) in [5.41, 5.74) is 7.53. The molecule has 1 aromatic rings. The molecule has 1 aromatic carbocycles. The molecule has 4 N–H and O–H groups in total. The van der Waals surface area contributed by atoms with Crippen LogP contribution in [0.1, 0.15) is 26.3 Å². The summed E-state index contributed by atoms with van der Waals surface area (Å²) in [7, 11) is 0. The summed E-state index contributed by atoms with van der Waals surface area (Å²) in [6.45, 7) is 5.51. The molecule has 2 atom stereocenters. The Hall–Kier alpha value is -1.59. The van der Waals surface area contributed by atoms with E-state index >= 15 is 0 Å². The van der Waals surface area contributed by atoms with Gasteiger partial charge in [-0.2, -0.15) is 0 Å². The number of anilines is 1. The maximum absolute atomic E-state index is 11.8. The predicted octanol–water partition coefficient (Wildman–Crippen LogP) is 1.71. The number of aryl methyl sites for hydroxylation is 1. The Kier molecular flexibility index (Phi) is 8.66. The van der Waals surface area contributed by atoms with Crippen molar-refractivity contribution in [1.29, 1.82) is 0 Å². The molecular formula is C15H24ClN3O2. The van der Waals surface area contributed by atoms with Crippen LogP contribution in [0.4, 0.5) is 5.69 Å². The van der Waals surface area contributed by atoms with Gasteiger partial charge in [0.1, 0.15) is 0 Å². The van der Waals surface area contributed by atoms with Crippen LogP contribution in [-0.2, 0) is 16.0 Å². The molecule has 0 fully saturated rings. The molecule has 2 unspecified atom stereocenters. The van der Waals surface area contributed by atoms with Crippen molar-refractivity contribution in [1.82, 2.24) is 5.32 Å². The second kappa shape index (κ2) is 9.37.